The van der Waals surface area contributed by atoms with Crippen LogP contribution in [0.3, 0.4) is 0 Å². The molecule has 1 heterocycles. The summed E-state index contributed by atoms with van der Waals surface area (Å²) in [6, 6.07) is 3.67. The Hall–Kier alpha value is -1.37. The largest absolute Gasteiger partial charge is 0.416 e. The van der Waals surface area contributed by atoms with Gasteiger partial charge in [-0.15, -0.1) is 0 Å². The molecule has 0 bridgehead atoms. The van der Waals surface area contributed by atoms with Gasteiger partial charge in [0, 0.05) is 6.04 Å². The van der Waals surface area contributed by atoms with Crippen LogP contribution < -0.4 is 10.0 Å². The van der Waals surface area contributed by atoms with E-state index in [1.54, 1.807) is 0 Å². The predicted molar refractivity (Wildman–Crippen MR) is 66.6 cm³/mol. The molecule has 2 rings (SSSR count). The zero-order valence-corrected chi connectivity index (χ0v) is 10.6. The minimum atomic E-state index is -4.33. The Morgan fingerprint density at radius 1 is 1.28 bits per heavy atom. The zero-order valence-electron chi connectivity index (χ0n) is 9.80. The van der Waals surface area contributed by atoms with Gasteiger partial charge >= 0.3 is 6.18 Å². The highest BCUT2D eigenvalue weighted by Gasteiger charge is 2.31. The van der Waals surface area contributed by atoms with Crippen molar-refractivity contribution in [1.29, 1.82) is 0 Å². The second kappa shape index (κ2) is 4.72. The summed E-state index contributed by atoms with van der Waals surface area (Å²) >= 11 is 1.25. The Morgan fingerprint density at radius 3 is 2.61 bits per heavy atom. The molecule has 0 saturated heterocycles. The van der Waals surface area contributed by atoms with Crippen molar-refractivity contribution < 1.29 is 13.2 Å². The van der Waals surface area contributed by atoms with Gasteiger partial charge in [0.25, 0.3) is 0 Å². The van der Waals surface area contributed by atoms with Crippen LogP contribution in [0, 0.1) is 0 Å². The highest BCUT2D eigenvalue weighted by atomic mass is 32.2. The first-order chi connectivity index (χ1) is 8.36. The fourth-order valence-electron chi connectivity index (χ4n) is 1.47. The van der Waals surface area contributed by atoms with Gasteiger partial charge in [0.1, 0.15) is 0 Å². The third-order valence-electron chi connectivity index (χ3n) is 2.20. The van der Waals surface area contributed by atoms with Crippen LogP contribution in [-0.2, 0) is 6.18 Å². The van der Waals surface area contributed by atoms with Crippen molar-refractivity contribution >= 4 is 23.6 Å². The van der Waals surface area contributed by atoms with Crippen LogP contribution in [0.4, 0.5) is 18.9 Å². The van der Waals surface area contributed by atoms with Crippen LogP contribution in [0.1, 0.15) is 19.4 Å². The van der Waals surface area contributed by atoms with Gasteiger partial charge in [0.05, 0.1) is 16.1 Å². The number of benzene rings is 1. The highest BCUT2D eigenvalue weighted by molar-refractivity contribution is 7.98. The van der Waals surface area contributed by atoms with Gasteiger partial charge in [-0.1, -0.05) is 0 Å². The molecule has 1 aliphatic rings. The minimum absolute atomic E-state index is 0.0629. The lowest BCUT2D eigenvalue weighted by Gasteiger charge is -2.22. The number of rotatable bonds is 1. The van der Waals surface area contributed by atoms with E-state index in [0.29, 0.717) is 16.5 Å². The molecule has 0 amide bonds. The Balaban J connectivity index is 2.30. The van der Waals surface area contributed by atoms with Gasteiger partial charge in [-0.3, -0.25) is 4.72 Å². The highest BCUT2D eigenvalue weighted by Crippen LogP contribution is 2.36. The first-order valence-corrected chi connectivity index (χ1v) is 6.17. The summed E-state index contributed by atoms with van der Waals surface area (Å²) in [5.74, 6) is 0.474. The molecule has 18 heavy (non-hydrogen) atoms. The first-order valence-electron chi connectivity index (χ1n) is 5.35. The maximum Gasteiger partial charge on any atom is 0.416 e. The SMILES string of the molecule is CC(C)N=C1NSc2ccc(C(F)(F)F)cc2N1. The van der Waals surface area contributed by atoms with Crippen molar-refractivity contribution in [3.8, 4) is 0 Å². The molecule has 0 aliphatic carbocycles. The van der Waals surface area contributed by atoms with Gasteiger partial charge in [0.15, 0.2) is 0 Å². The second-order valence-corrected chi connectivity index (χ2v) is 4.96. The summed E-state index contributed by atoms with van der Waals surface area (Å²) in [7, 11) is 0. The molecule has 0 spiro atoms. The summed E-state index contributed by atoms with van der Waals surface area (Å²) in [4.78, 5) is 4.93. The van der Waals surface area contributed by atoms with Gasteiger partial charge in [-0.25, -0.2) is 4.99 Å². The second-order valence-electron chi connectivity index (χ2n) is 4.11. The molecule has 2 N–H and O–H groups in total. The van der Waals surface area contributed by atoms with Crippen molar-refractivity contribution in [2.45, 2.75) is 31.0 Å². The van der Waals surface area contributed by atoms with Crippen molar-refractivity contribution in [3.63, 3.8) is 0 Å². The van der Waals surface area contributed by atoms with Crippen molar-refractivity contribution in [2.75, 3.05) is 5.32 Å². The number of hydrogen-bond donors (Lipinski definition) is 2. The number of guanidine groups is 1. The first kappa shape index (κ1) is 13.1. The number of anilines is 1. The smallest absolute Gasteiger partial charge is 0.325 e. The van der Waals surface area contributed by atoms with Crippen LogP contribution >= 0.6 is 11.9 Å². The van der Waals surface area contributed by atoms with E-state index in [1.807, 2.05) is 13.8 Å². The van der Waals surface area contributed by atoms with E-state index >= 15 is 0 Å². The maximum atomic E-state index is 12.6. The number of nitrogens with one attached hydrogen (secondary N) is 2. The standard InChI is InChI=1S/C11H12F3N3S/c1-6(2)15-10-16-8-5-7(11(12,13)14)3-4-9(8)18-17-10/h3-6H,1-2H3,(H2,15,16,17). The quantitative estimate of drug-likeness (QED) is 0.770. The summed E-state index contributed by atoms with van der Waals surface area (Å²) in [5.41, 5.74) is -0.242. The van der Waals surface area contributed by atoms with Crippen LogP contribution in [0.2, 0.25) is 0 Å². The zero-order chi connectivity index (χ0) is 13.3. The molecule has 7 heteroatoms. The van der Waals surface area contributed by atoms with Crippen molar-refractivity contribution in [3.05, 3.63) is 23.8 Å². The van der Waals surface area contributed by atoms with Gasteiger partial charge < -0.3 is 5.32 Å². The van der Waals surface area contributed by atoms with E-state index in [4.69, 9.17) is 0 Å². The minimum Gasteiger partial charge on any atom is -0.325 e. The average molecular weight is 275 g/mol. The Labute approximate surface area is 107 Å². The summed E-state index contributed by atoms with van der Waals surface area (Å²) in [6.07, 6.45) is -4.33. The van der Waals surface area contributed by atoms with Gasteiger partial charge in [-0.05, 0) is 44.0 Å². The van der Waals surface area contributed by atoms with Crippen LogP contribution in [0.15, 0.2) is 28.1 Å². The lowest BCUT2D eigenvalue weighted by molar-refractivity contribution is -0.137. The molecule has 0 aromatic heterocycles. The summed E-state index contributed by atoms with van der Waals surface area (Å²) in [6.45, 7) is 3.78. The van der Waals surface area contributed by atoms with Crippen molar-refractivity contribution in [2.24, 2.45) is 4.99 Å². The average Bonchev–Trinajstić information content (AvgIpc) is 2.26. The molecule has 1 aromatic carbocycles. The number of nitrogens with zero attached hydrogens (tertiary/aromatic N) is 1. The number of aliphatic imine (C=N–C) groups is 1. The van der Waals surface area contributed by atoms with Gasteiger partial charge in [-0.2, -0.15) is 13.2 Å². The molecule has 0 unspecified atom stereocenters. The van der Waals surface area contributed by atoms with E-state index in [1.165, 1.54) is 18.0 Å². The van der Waals surface area contributed by atoms with E-state index in [0.717, 1.165) is 12.1 Å². The van der Waals surface area contributed by atoms with Crippen molar-refractivity contribution in [1.82, 2.24) is 4.72 Å². The molecule has 3 nitrogen and oxygen atoms in total. The predicted octanol–water partition coefficient (Wildman–Crippen LogP) is 3.49. The third kappa shape index (κ3) is 2.90. The van der Waals surface area contributed by atoms with E-state index in [9.17, 15) is 13.2 Å². The maximum absolute atomic E-state index is 12.6. The lowest BCUT2D eigenvalue weighted by atomic mass is 10.2. The number of fused-ring (bicyclic) bond motifs is 1. The Bertz CT molecular complexity index is 483. The number of alkyl halides is 3. The van der Waals surface area contributed by atoms with E-state index in [-0.39, 0.29) is 6.04 Å². The number of halogens is 3. The van der Waals surface area contributed by atoms with Crippen LogP contribution in [0.25, 0.3) is 0 Å². The topological polar surface area (TPSA) is 36.4 Å². The van der Waals surface area contributed by atoms with Gasteiger partial charge in [0.2, 0.25) is 5.96 Å². The molecule has 98 valence electrons. The molecule has 1 aliphatic heterocycles. The third-order valence-corrected chi connectivity index (χ3v) is 3.08. The number of hydrogen-bond acceptors (Lipinski definition) is 2. The Kier molecular flexibility index (Phi) is 3.43. The van der Waals surface area contributed by atoms with Crippen LogP contribution in [-0.4, -0.2) is 12.0 Å². The fraction of sp³-hybridized carbons (Fsp3) is 0.364. The summed E-state index contributed by atoms with van der Waals surface area (Å²) in [5, 5.41) is 2.86. The molecular weight excluding hydrogens is 263 g/mol. The molecular formula is C11H12F3N3S. The molecule has 0 saturated carbocycles. The van der Waals surface area contributed by atoms with E-state index < -0.39 is 11.7 Å². The summed E-state index contributed by atoms with van der Waals surface area (Å²) < 4.78 is 40.7. The fourth-order valence-corrected chi connectivity index (χ4v) is 2.13. The Morgan fingerprint density at radius 2 is 2.00 bits per heavy atom. The molecule has 0 radical (unpaired) electrons. The molecule has 1 aromatic rings. The lowest BCUT2D eigenvalue weighted by Crippen LogP contribution is -2.30. The van der Waals surface area contributed by atoms with E-state index in [2.05, 4.69) is 15.0 Å². The normalized spacial score (nSPS) is 17.3. The molecule has 0 fully saturated rings. The molecule has 0 atom stereocenters. The monoisotopic (exact) mass is 275 g/mol. The van der Waals surface area contributed by atoms with Crippen LogP contribution in [0.5, 0.6) is 0 Å².